The van der Waals surface area contributed by atoms with Crippen molar-refractivity contribution in [3.05, 3.63) is 72.1 Å². The molecule has 0 saturated carbocycles. The lowest BCUT2D eigenvalue weighted by Gasteiger charge is -2.06. The summed E-state index contributed by atoms with van der Waals surface area (Å²) in [4.78, 5) is 9.38. The molecule has 4 heteroatoms. The van der Waals surface area contributed by atoms with Gasteiger partial charge in [-0.05, 0) is 42.2 Å². The molecule has 2 aliphatic rings. The number of benzene rings is 2. The van der Waals surface area contributed by atoms with Crippen molar-refractivity contribution in [2.75, 3.05) is 13.7 Å². The predicted molar refractivity (Wildman–Crippen MR) is 109 cm³/mol. The molecule has 0 saturated heterocycles. The smallest absolute Gasteiger partial charge is 0.160 e. The van der Waals surface area contributed by atoms with E-state index in [0.717, 1.165) is 29.3 Å². The van der Waals surface area contributed by atoms with Crippen molar-refractivity contribution in [1.82, 2.24) is 14.5 Å². The van der Waals surface area contributed by atoms with Crippen LogP contribution in [0.1, 0.15) is 11.1 Å². The van der Waals surface area contributed by atoms with Gasteiger partial charge in [-0.2, -0.15) is 0 Å². The summed E-state index contributed by atoms with van der Waals surface area (Å²) in [5.74, 6) is 0.765. The molecule has 0 amide bonds. The van der Waals surface area contributed by atoms with Crippen LogP contribution in [0.25, 0.3) is 33.9 Å². The molecule has 0 atom stereocenters. The topological polar surface area (TPSA) is 39.9 Å². The molecule has 2 aromatic rings. The Morgan fingerprint density at radius 1 is 0.815 bits per heavy atom. The van der Waals surface area contributed by atoms with E-state index >= 15 is 0 Å². The Morgan fingerprint density at radius 3 is 2.26 bits per heavy atom. The fraction of sp³-hybridized carbons (Fsp3) is 0.217. The SMILES string of the molecule is COCCn1ccc2nc(-c3ccc(-c4ccc(C)c(C)c4)cc3)nc-2c1. The minimum Gasteiger partial charge on any atom is -0.383 e. The quantitative estimate of drug-likeness (QED) is 0.506. The minimum absolute atomic E-state index is 0.678. The average Bonchev–Trinajstić information content (AvgIpc) is 3.12. The van der Waals surface area contributed by atoms with Crippen LogP contribution in [0.3, 0.4) is 0 Å². The molecule has 0 radical (unpaired) electrons. The highest BCUT2D eigenvalue weighted by molar-refractivity contribution is 5.71. The first-order valence-corrected chi connectivity index (χ1v) is 9.14. The fourth-order valence-electron chi connectivity index (χ4n) is 3.15. The van der Waals surface area contributed by atoms with E-state index in [2.05, 4.69) is 65.9 Å². The van der Waals surface area contributed by atoms with Gasteiger partial charge >= 0.3 is 0 Å². The van der Waals surface area contributed by atoms with Crippen molar-refractivity contribution in [2.24, 2.45) is 0 Å². The number of methoxy groups -OCH3 is 1. The summed E-state index contributed by atoms with van der Waals surface area (Å²) in [6.45, 7) is 5.77. The molecule has 27 heavy (non-hydrogen) atoms. The highest BCUT2D eigenvalue weighted by atomic mass is 16.5. The number of rotatable bonds is 5. The predicted octanol–water partition coefficient (Wildman–Crippen LogP) is 4.98. The minimum atomic E-state index is 0.678. The molecular weight excluding hydrogens is 334 g/mol. The molecule has 0 aliphatic carbocycles. The highest BCUT2D eigenvalue weighted by Crippen LogP contribution is 2.28. The summed E-state index contributed by atoms with van der Waals surface area (Å²) >= 11 is 0. The van der Waals surface area contributed by atoms with Gasteiger partial charge in [0.15, 0.2) is 5.82 Å². The molecule has 2 aliphatic heterocycles. The second-order valence-electron chi connectivity index (χ2n) is 6.87. The molecule has 0 N–H and O–H groups in total. The van der Waals surface area contributed by atoms with E-state index in [1.165, 1.54) is 22.3 Å². The van der Waals surface area contributed by atoms with Crippen molar-refractivity contribution < 1.29 is 4.74 Å². The molecular formula is C23H23N3O. The normalized spacial score (nSPS) is 11.2. The Kier molecular flexibility index (Phi) is 4.73. The molecule has 2 heterocycles. The van der Waals surface area contributed by atoms with Gasteiger partial charge in [-0.1, -0.05) is 42.5 Å². The molecule has 136 valence electrons. The molecule has 0 aromatic heterocycles. The van der Waals surface area contributed by atoms with Crippen molar-refractivity contribution in [2.45, 2.75) is 20.4 Å². The number of imidazole rings is 1. The summed E-state index contributed by atoms with van der Waals surface area (Å²) in [5.41, 5.74) is 7.91. The Labute approximate surface area is 159 Å². The molecule has 0 fully saturated rings. The van der Waals surface area contributed by atoms with Gasteiger partial charge in [-0.25, -0.2) is 9.97 Å². The number of ether oxygens (including phenoxy) is 1. The van der Waals surface area contributed by atoms with Gasteiger partial charge in [0, 0.05) is 31.6 Å². The lowest BCUT2D eigenvalue weighted by molar-refractivity contribution is 0.187. The van der Waals surface area contributed by atoms with Crippen molar-refractivity contribution in [3.8, 4) is 33.9 Å². The summed E-state index contributed by atoms with van der Waals surface area (Å²) in [6, 6.07) is 17.0. The lowest BCUT2D eigenvalue weighted by Crippen LogP contribution is -2.04. The summed E-state index contributed by atoms with van der Waals surface area (Å²) in [5, 5.41) is 0. The van der Waals surface area contributed by atoms with E-state index in [1.54, 1.807) is 7.11 Å². The Morgan fingerprint density at radius 2 is 1.52 bits per heavy atom. The van der Waals surface area contributed by atoms with Crippen molar-refractivity contribution in [1.29, 1.82) is 0 Å². The standard InChI is InChI=1S/C23H23N3O/c1-16-4-5-20(14-17(16)2)18-6-8-19(9-7-18)23-24-21-10-11-26(12-13-27-3)15-22(21)25-23/h4-11,14-15H,12-13H2,1-3H3. The Hall–Kier alpha value is -2.98. The Balaban J connectivity index is 1.61. The van der Waals surface area contributed by atoms with Crippen LogP contribution in [0.2, 0.25) is 0 Å². The van der Waals surface area contributed by atoms with Gasteiger partial charge in [0.25, 0.3) is 0 Å². The maximum absolute atomic E-state index is 5.14. The zero-order valence-corrected chi connectivity index (χ0v) is 15.9. The monoisotopic (exact) mass is 357 g/mol. The van der Waals surface area contributed by atoms with Gasteiger partial charge in [-0.3, -0.25) is 0 Å². The molecule has 4 nitrogen and oxygen atoms in total. The van der Waals surface area contributed by atoms with Crippen molar-refractivity contribution >= 4 is 0 Å². The van der Waals surface area contributed by atoms with Crippen molar-refractivity contribution in [3.63, 3.8) is 0 Å². The number of aromatic nitrogens is 3. The van der Waals surface area contributed by atoms with Gasteiger partial charge in [-0.15, -0.1) is 0 Å². The molecule has 0 bridgehead atoms. The zero-order chi connectivity index (χ0) is 18.8. The van der Waals surface area contributed by atoms with Gasteiger partial charge in [0.2, 0.25) is 0 Å². The van der Waals surface area contributed by atoms with Crippen LogP contribution in [0, 0.1) is 13.8 Å². The van der Waals surface area contributed by atoms with Crippen LogP contribution >= 0.6 is 0 Å². The average molecular weight is 357 g/mol. The van der Waals surface area contributed by atoms with Gasteiger partial charge in [0.1, 0.15) is 5.69 Å². The maximum Gasteiger partial charge on any atom is 0.160 e. The fourth-order valence-corrected chi connectivity index (χ4v) is 3.15. The third-order valence-corrected chi connectivity index (χ3v) is 4.96. The maximum atomic E-state index is 5.14. The van der Waals surface area contributed by atoms with Crippen LogP contribution in [0.4, 0.5) is 0 Å². The molecule has 0 unspecified atom stereocenters. The first-order chi connectivity index (χ1) is 13.1. The first kappa shape index (κ1) is 17.4. The highest BCUT2D eigenvalue weighted by Gasteiger charge is 2.12. The van der Waals surface area contributed by atoms with Crippen LogP contribution in [-0.4, -0.2) is 28.3 Å². The van der Waals surface area contributed by atoms with Crippen LogP contribution < -0.4 is 0 Å². The lowest BCUT2D eigenvalue weighted by atomic mass is 9.99. The number of hydrogen-bond donors (Lipinski definition) is 0. The third-order valence-electron chi connectivity index (χ3n) is 4.96. The molecule has 0 spiro atoms. The van der Waals surface area contributed by atoms with Gasteiger partial charge in [0.05, 0.1) is 12.3 Å². The summed E-state index contributed by atoms with van der Waals surface area (Å²) < 4.78 is 7.21. The molecule has 4 rings (SSSR count). The first-order valence-electron chi connectivity index (χ1n) is 9.14. The second kappa shape index (κ2) is 7.33. The number of fused-ring (bicyclic) bond motifs is 1. The summed E-state index contributed by atoms with van der Waals surface area (Å²) in [7, 11) is 1.71. The number of nitrogens with zero attached hydrogens (tertiary/aromatic N) is 3. The summed E-state index contributed by atoms with van der Waals surface area (Å²) in [6.07, 6.45) is 4.04. The number of pyridine rings is 1. The largest absolute Gasteiger partial charge is 0.383 e. The Bertz CT molecular complexity index is 1030. The third kappa shape index (κ3) is 3.62. The van der Waals surface area contributed by atoms with E-state index in [9.17, 15) is 0 Å². The van der Waals surface area contributed by atoms with E-state index in [1.807, 2.05) is 18.5 Å². The van der Waals surface area contributed by atoms with E-state index in [4.69, 9.17) is 9.72 Å². The molecule has 2 aromatic carbocycles. The van der Waals surface area contributed by atoms with E-state index < -0.39 is 0 Å². The number of aryl methyl sites for hydroxylation is 2. The van der Waals surface area contributed by atoms with Crippen LogP contribution in [0.5, 0.6) is 0 Å². The second-order valence-corrected chi connectivity index (χ2v) is 6.87. The number of hydrogen-bond acceptors (Lipinski definition) is 3. The van der Waals surface area contributed by atoms with Gasteiger partial charge < -0.3 is 9.30 Å². The zero-order valence-electron chi connectivity index (χ0n) is 15.9. The van der Waals surface area contributed by atoms with Crippen LogP contribution in [-0.2, 0) is 11.3 Å². The van der Waals surface area contributed by atoms with E-state index in [-0.39, 0.29) is 0 Å². The van der Waals surface area contributed by atoms with Crippen LogP contribution in [0.15, 0.2) is 60.9 Å². The van der Waals surface area contributed by atoms with E-state index in [0.29, 0.717) is 6.61 Å².